The van der Waals surface area contributed by atoms with Crippen LogP contribution in [0.5, 0.6) is 0 Å². The molecular formula is C19H27FN2O3. The number of likely N-dealkylation sites (N-methyl/N-ethyl adjacent to an activating group) is 1. The lowest BCUT2D eigenvalue weighted by atomic mass is 9.87. The maximum atomic E-state index is 13.1. The number of ether oxygens (including phenoxy) is 2. The Bertz CT molecular complexity index is 585. The highest BCUT2D eigenvalue weighted by atomic mass is 19.1. The lowest BCUT2D eigenvalue weighted by Gasteiger charge is -2.39. The molecule has 2 aliphatic rings. The van der Waals surface area contributed by atoms with Crippen molar-refractivity contribution in [1.82, 2.24) is 4.90 Å². The van der Waals surface area contributed by atoms with Crippen LogP contribution in [0.25, 0.3) is 0 Å². The van der Waals surface area contributed by atoms with Gasteiger partial charge in [0, 0.05) is 32.4 Å². The molecule has 0 unspecified atom stereocenters. The summed E-state index contributed by atoms with van der Waals surface area (Å²) in [4.78, 5) is 16.1. The van der Waals surface area contributed by atoms with Crippen molar-refractivity contribution in [2.45, 2.75) is 37.8 Å². The predicted octanol–water partition coefficient (Wildman–Crippen LogP) is 2.45. The van der Waals surface area contributed by atoms with Crippen LogP contribution in [0.15, 0.2) is 24.3 Å². The van der Waals surface area contributed by atoms with E-state index < -0.39 is 0 Å². The van der Waals surface area contributed by atoms with Crippen molar-refractivity contribution in [2.75, 3.05) is 44.9 Å². The molecule has 0 saturated carbocycles. The van der Waals surface area contributed by atoms with Gasteiger partial charge in [-0.05, 0) is 50.5 Å². The number of carbonyl (C=O) groups excluding carboxylic acids is 1. The van der Waals surface area contributed by atoms with Gasteiger partial charge in [0.25, 0.3) is 0 Å². The first-order valence-electron chi connectivity index (χ1n) is 9.01. The van der Waals surface area contributed by atoms with E-state index in [0.29, 0.717) is 13.2 Å². The molecule has 1 aromatic rings. The zero-order valence-electron chi connectivity index (χ0n) is 15.0. The SMILES string of the molecule is CCOCC(=O)N1CCC2(CC1)C[C@@H](N(C)c1ccc(F)cc1)CO2. The minimum absolute atomic E-state index is 0.0645. The summed E-state index contributed by atoms with van der Waals surface area (Å²) in [5, 5.41) is 0. The van der Waals surface area contributed by atoms with Crippen molar-refractivity contribution in [3.05, 3.63) is 30.1 Å². The van der Waals surface area contributed by atoms with Crippen LogP contribution >= 0.6 is 0 Å². The molecule has 1 amide bonds. The highest BCUT2D eigenvalue weighted by Gasteiger charge is 2.44. The Labute approximate surface area is 148 Å². The van der Waals surface area contributed by atoms with Crippen LogP contribution in [-0.2, 0) is 14.3 Å². The van der Waals surface area contributed by atoms with Gasteiger partial charge in [-0.2, -0.15) is 0 Å². The molecule has 5 nitrogen and oxygen atoms in total. The number of likely N-dealkylation sites (tertiary alicyclic amines) is 1. The summed E-state index contributed by atoms with van der Waals surface area (Å²) >= 11 is 0. The van der Waals surface area contributed by atoms with Crippen LogP contribution in [0, 0.1) is 5.82 Å². The van der Waals surface area contributed by atoms with E-state index in [1.807, 2.05) is 18.9 Å². The largest absolute Gasteiger partial charge is 0.373 e. The van der Waals surface area contributed by atoms with Crippen LogP contribution in [0.2, 0.25) is 0 Å². The van der Waals surface area contributed by atoms with E-state index >= 15 is 0 Å². The Hall–Kier alpha value is -1.66. The third-order valence-corrected chi connectivity index (χ3v) is 5.43. The van der Waals surface area contributed by atoms with Gasteiger partial charge in [-0.15, -0.1) is 0 Å². The Kier molecular flexibility index (Phi) is 5.59. The number of nitrogens with zero attached hydrogens (tertiary/aromatic N) is 2. The molecule has 1 atom stereocenters. The number of hydrogen-bond donors (Lipinski definition) is 0. The second-order valence-corrected chi connectivity index (χ2v) is 6.96. The van der Waals surface area contributed by atoms with Crippen molar-refractivity contribution >= 4 is 11.6 Å². The van der Waals surface area contributed by atoms with Crippen molar-refractivity contribution in [2.24, 2.45) is 0 Å². The van der Waals surface area contributed by atoms with E-state index in [1.165, 1.54) is 12.1 Å². The van der Waals surface area contributed by atoms with Crippen molar-refractivity contribution in [3.63, 3.8) is 0 Å². The Morgan fingerprint density at radius 3 is 2.68 bits per heavy atom. The number of halogens is 1. The normalized spacial score (nSPS) is 22.4. The molecular weight excluding hydrogens is 323 g/mol. The molecule has 2 heterocycles. The average Bonchev–Trinajstić information content (AvgIpc) is 3.04. The molecule has 1 aromatic carbocycles. The molecule has 2 saturated heterocycles. The summed E-state index contributed by atoms with van der Waals surface area (Å²) in [6.45, 7) is 4.73. The first-order chi connectivity index (χ1) is 12.0. The second-order valence-electron chi connectivity index (χ2n) is 6.96. The van der Waals surface area contributed by atoms with Gasteiger partial charge in [-0.1, -0.05) is 0 Å². The maximum Gasteiger partial charge on any atom is 0.248 e. The molecule has 0 N–H and O–H groups in total. The number of carbonyl (C=O) groups is 1. The van der Waals surface area contributed by atoms with E-state index in [9.17, 15) is 9.18 Å². The third kappa shape index (κ3) is 4.12. The van der Waals surface area contributed by atoms with E-state index in [0.717, 1.165) is 38.0 Å². The number of amides is 1. The lowest BCUT2D eigenvalue weighted by molar-refractivity contribution is -0.140. The highest BCUT2D eigenvalue weighted by Crippen LogP contribution is 2.38. The fourth-order valence-corrected chi connectivity index (χ4v) is 3.75. The molecule has 0 aliphatic carbocycles. The van der Waals surface area contributed by atoms with Gasteiger partial charge < -0.3 is 19.3 Å². The fourth-order valence-electron chi connectivity index (χ4n) is 3.75. The zero-order valence-corrected chi connectivity index (χ0v) is 15.0. The van der Waals surface area contributed by atoms with Crippen LogP contribution in [0.1, 0.15) is 26.2 Å². The van der Waals surface area contributed by atoms with Gasteiger partial charge in [0.2, 0.25) is 5.91 Å². The first kappa shape index (κ1) is 18.1. The fraction of sp³-hybridized carbons (Fsp3) is 0.632. The van der Waals surface area contributed by atoms with E-state index in [-0.39, 0.29) is 30.0 Å². The smallest absolute Gasteiger partial charge is 0.248 e. The predicted molar refractivity (Wildman–Crippen MR) is 94.2 cm³/mol. The monoisotopic (exact) mass is 350 g/mol. The Morgan fingerprint density at radius 1 is 1.36 bits per heavy atom. The van der Waals surface area contributed by atoms with Gasteiger partial charge >= 0.3 is 0 Å². The van der Waals surface area contributed by atoms with Gasteiger partial charge in [-0.25, -0.2) is 4.39 Å². The molecule has 3 rings (SSSR count). The topological polar surface area (TPSA) is 42.0 Å². The first-order valence-corrected chi connectivity index (χ1v) is 9.01. The molecule has 0 radical (unpaired) electrons. The molecule has 138 valence electrons. The third-order valence-electron chi connectivity index (χ3n) is 5.43. The molecule has 0 bridgehead atoms. The van der Waals surface area contributed by atoms with E-state index in [1.54, 1.807) is 12.1 Å². The zero-order chi connectivity index (χ0) is 17.9. The van der Waals surface area contributed by atoms with Crippen LogP contribution in [0.3, 0.4) is 0 Å². The van der Waals surface area contributed by atoms with Crippen LogP contribution < -0.4 is 4.90 Å². The number of benzene rings is 1. The summed E-state index contributed by atoms with van der Waals surface area (Å²) in [7, 11) is 2.03. The van der Waals surface area contributed by atoms with Crippen LogP contribution in [0.4, 0.5) is 10.1 Å². The minimum atomic E-state index is -0.222. The van der Waals surface area contributed by atoms with E-state index in [2.05, 4.69) is 4.90 Å². The molecule has 0 aromatic heterocycles. The number of anilines is 1. The quantitative estimate of drug-likeness (QED) is 0.818. The van der Waals surface area contributed by atoms with Gasteiger partial charge in [0.15, 0.2) is 0 Å². The molecule has 1 spiro atoms. The molecule has 6 heteroatoms. The summed E-state index contributed by atoms with van der Waals surface area (Å²) in [5.74, 6) is -0.157. The minimum Gasteiger partial charge on any atom is -0.373 e. The van der Waals surface area contributed by atoms with Gasteiger partial charge in [-0.3, -0.25) is 4.79 Å². The number of piperidine rings is 1. The summed E-state index contributed by atoms with van der Waals surface area (Å²) in [5.41, 5.74) is 0.859. The highest BCUT2D eigenvalue weighted by molar-refractivity contribution is 5.77. The van der Waals surface area contributed by atoms with Crippen molar-refractivity contribution < 1.29 is 18.7 Å². The standard InChI is InChI=1S/C19H27FN2O3/c1-3-24-14-18(23)22-10-8-19(9-11-22)12-17(13-25-19)21(2)16-6-4-15(20)5-7-16/h4-7,17H,3,8-14H2,1-2H3/t17-/m1/s1. The van der Waals surface area contributed by atoms with Crippen molar-refractivity contribution in [3.8, 4) is 0 Å². The molecule has 25 heavy (non-hydrogen) atoms. The lowest BCUT2D eigenvalue weighted by Crippen LogP contribution is -2.48. The van der Waals surface area contributed by atoms with Crippen molar-refractivity contribution in [1.29, 1.82) is 0 Å². The van der Waals surface area contributed by atoms with Gasteiger partial charge in [0.1, 0.15) is 12.4 Å². The maximum absolute atomic E-state index is 13.1. The summed E-state index contributed by atoms with van der Waals surface area (Å²) in [6.07, 6.45) is 2.66. The Balaban J connectivity index is 1.54. The average molecular weight is 350 g/mol. The number of rotatable bonds is 5. The Morgan fingerprint density at radius 2 is 2.04 bits per heavy atom. The molecule has 2 fully saturated rings. The summed E-state index contributed by atoms with van der Waals surface area (Å²) in [6, 6.07) is 6.85. The molecule has 2 aliphatic heterocycles. The number of hydrogen-bond acceptors (Lipinski definition) is 4. The second kappa shape index (κ2) is 7.70. The van der Waals surface area contributed by atoms with E-state index in [4.69, 9.17) is 9.47 Å². The van der Waals surface area contributed by atoms with Crippen LogP contribution in [-0.4, -0.2) is 62.4 Å². The van der Waals surface area contributed by atoms with Gasteiger partial charge in [0.05, 0.1) is 18.2 Å². The summed E-state index contributed by atoms with van der Waals surface area (Å²) < 4.78 is 24.5.